The SMILES string of the molecule is COC(=O)C1(c2c(F)cccc2Cl)CCNCC1. The largest absolute Gasteiger partial charge is 0.468 e. The zero-order valence-corrected chi connectivity index (χ0v) is 10.9. The molecule has 0 unspecified atom stereocenters. The lowest BCUT2D eigenvalue weighted by Gasteiger charge is -2.36. The minimum Gasteiger partial charge on any atom is -0.468 e. The van der Waals surface area contributed by atoms with E-state index in [1.54, 1.807) is 6.07 Å². The zero-order valence-electron chi connectivity index (χ0n) is 10.1. The van der Waals surface area contributed by atoms with Crippen LogP contribution in [0.15, 0.2) is 18.2 Å². The Balaban J connectivity index is 2.56. The number of benzene rings is 1. The molecule has 1 N–H and O–H groups in total. The summed E-state index contributed by atoms with van der Waals surface area (Å²) in [6.45, 7) is 1.28. The summed E-state index contributed by atoms with van der Waals surface area (Å²) in [5.41, 5.74) is -0.706. The highest BCUT2D eigenvalue weighted by Gasteiger charge is 2.45. The maximum absolute atomic E-state index is 14.1. The highest BCUT2D eigenvalue weighted by molar-refractivity contribution is 6.31. The first-order chi connectivity index (χ1) is 8.62. The summed E-state index contributed by atoms with van der Waals surface area (Å²) in [4.78, 5) is 12.1. The monoisotopic (exact) mass is 271 g/mol. The van der Waals surface area contributed by atoms with Crippen molar-refractivity contribution in [2.75, 3.05) is 20.2 Å². The smallest absolute Gasteiger partial charge is 0.316 e. The fourth-order valence-corrected chi connectivity index (χ4v) is 2.90. The summed E-state index contributed by atoms with van der Waals surface area (Å²) < 4.78 is 18.9. The Kier molecular flexibility index (Phi) is 3.88. The molecule has 18 heavy (non-hydrogen) atoms. The van der Waals surface area contributed by atoms with E-state index in [0.717, 1.165) is 0 Å². The lowest BCUT2D eigenvalue weighted by molar-refractivity contribution is -0.148. The molecule has 1 aromatic carbocycles. The fourth-order valence-electron chi connectivity index (χ4n) is 2.56. The Morgan fingerprint density at radius 2 is 2.11 bits per heavy atom. The Morgan fingerprint density at radius 1 is 1.44 bits per heavy atom. The molecule has 0 aliphatic carbocycles. The molecule has 0 amide bonds. The van der Waals surface area contributed by atoms with Crippen molar-refractivity contribution in [1.29, 1.82) is 0 Å². The van der Waals surface area contributed by atoms with Crippen molar-refractivity contribution in [3.05, 3.63) is 34.6 Å². The van der Waals surface area contributed by atoms with Crippen LogP contribution in [0.3, 0.4) is 0 Å². The third-order valence-corrected chi connectivity index (χ3v) is 3.79. The topological polar surface area (TPSA) is 38.3 Å². The first kappa shape index (κ1) is 13.3. The Hall–Kier alpha value is -1.13. The van der Waals surface area contributed by atoms with Crippen LogP contribution in [-0.2, 0) is 14.9 Å². The molecule has 0 saturated carbocycles. The molecule has 1 saturated heterocycles. The van der Waals surface area contributed by atoms with Crippen LogP contribution in [0.4, 0.5) is 4.39 Å². The maximum atomic E-state index is 14.1. The molecule has 5 heteroatoms. The van der Waals surface area contributed by atoms with Gasteiger partial charge >= 0.3 is 5.97 Å². The van der Waals surface area contributed by atoms with Gasteiger partial charge in [-0.2, -0.15) is 0 Å². The number of halogens is 2. The van der Waals surface area contributed by atoms with Crippen molar-refractivity contribution in [2.24, 2.45) is 0 Å². The Morgan fingerprint density at radius 3 is 2.67 bits per heavy atom. The maximum Gasteiger partial charge on any atom is 0.316 e. The number of rotatable bonds is 2. The molecule has 3 nitrogen and oxygen atoms in total. The van der Waals surface area contributed by atoms with Crippen LogP contribution < -0.4 is 5.32 Å². The van der Waals surface area contributed by atoms with E-state index in [1.165, 1.54) is 19.2 Å². The Bertz CT molecular complexity index is 438. The molecule has 0 atom stereocenters. The quantitative estimate of drug-likeness (QED) is 0.839. The van der Waals surface area contributed by atoms with E-state index in [-0.39, 0.29) is 10.6 Å². The van der Waals surface area contributed by atoms with Gasteiger partial charge in [0.1, 0.15) is 5.82 Å². The van der Waals surface area contributed by atoms with E-state index >= 15 is 0 Å². The standard InChI is InChI=1S/C13H15ClFNO2/c1-18-12(17)13(5-7-16-8-6-13)11-9(14)3-2-4-10(11)15/h2-4,16H,5-8H2,1H3. The molecule has 1 heterocycles. The predicted molar refractivity (Wildman–Crippen MR) is 67.2 cm³/mol. The molecule has 0 aromatic heterocycles. The second kappa shape index (κ2) is 5.24. The number of hydrogen-bond acceptors (Lipinski definition) is 3. The molecule has 2 rings (SSSR count). The zero-order chi connectivity index (χ0) is 13.2. The molecule has 1 aliphatic heterocycles. The van der Waals surface area contributed by atoms with E-state index in [4.69, 9.17) is 16.3 Å². The summed E-state index contributed by atoms with van der Waals surface area (Å²) >= 11 is 6.09. The molecule has 98 valence electrons. The van der Waals surface area contributed by atoms with Crippen molar-refractivity contribution >= 4 is 17.6 Å². The highest BCUT2D eigenvalue weighted by Crippen LogP contribution is 2.40. The number of nitrogens with one attached hydrogen (secondary N) is 1. The van der Waals surface area contributed by atoms with Crippen molar-refractivity contribution in [3.8, 4) is 0 Å². The van der Waals surface area contributed by atoms with Crippen LogP contribution in [0.5, 0.6) is 0 Å². The molecular weight excluding hydrogens is 257 g/mol. The van der Waals surface area contributed by atoms with Gasteiger partial charge in [-0.05, 0) is 38.1 Å². The lowest BCUT2D eigenvalue weighted by atomic mass is 9.73. The summed E-state index contributed by atoms with van der Waals surface area (Å²) in [5.74, 6) is -0.870. The molecule has 0 bridgehead atoms. The minimum absolute atomic E-state index is 0.264. The predicted octanol–water partition coefficient (Wildman–Crippen LogP) is 2.27. The summed E-state index contributed by atoms with van der Waals surface area (Å²) in [6, 6.07) is 4.47. The number of esters is 1. The van der Waals surface area contributed by atoms with Crippen LogP contribution in [0, 0.1) is 5.82 Å². The average Bonchev–Trinajstić information content (AvgIpc) is 2.38. The van der Waals surface area contributed by atoms with Gasteiger partial charge in [0.2, 0.25) is 0 Å². The second-order valence-electron chi connectivity index (χ2n) is 4.42. The van der Waals surface area contributed by atoms with Crippen molar-refractivity contribution < 1.29 is 13.9 Å². The van der Waals surface area contributed by atoms with Gasteiger partial charge in [-0.1, -0.05) is 17.7 Å². The van der Waals surface area contributed by atoms with Crippen LogP contribution in [0.1, 0.15) is 18.4 Å². The average molecular weight is 272 g/mol. The minimum atomic E-state index is -0.970. The summed E-state index contributed by atoms with van der Waals surface area (Å²) in [7, 11) is 1.32. The summed E-state index contributed by atoms with van der Waals surface area (Å²) in [6.07, 6.45) is 0.973. The van der Waals surface area contributed by atoms with Gasteiger partial charge in [0.15, 0.2) is 0 Å². The number of hydrogen-bond donors (Lipinski definition) is 1. The van der Waals surface area contributed by atoms with Gasteiger partial charge in [0.25, 0.3) is 0 Å². The van der Waals surface area contributed by atoms with Crippen LogP contribution >= 0.6 is 11.6 Å². The number of piperidine rings is 1. The van der Waals surface area contributed by atoms with Crippen LogP contribution in [0.25, 0.3) is 0 Å². The third kappa shape index (κ3) is 2.10. The molecule has 0 spiro atoms. The first-order valence-electron chi connectivity index (χ1n) is 5.85. The number of methoxy groups -OCH3 is 1. The Labute approximate surface area is 110 Å². The van der Waals surface area contributed by atoms with E-state index in [9.17, 15) is 9.18 Å². The van der Waals surface area contributed by atoms with Crippen molar-refractivity contribution in [2.45, 2.75) is 18.3 Å². The lowest BCUT2D eigenvalue weighted by Crippen LogP contribution is -2.46. The third-order valence-electron chi connectivity index (χ3n) is 3.47. The van der Waals surface area contributed by atoms with Gasteiger partial charge < -0.3 is 10.1 Å². The second-order valence-corrected chi connectivity index (χ2v) is 4.83. The fraction of sp³-hybridized carbons (Fsp3) is 0.462. The van der Waals surface area contributed by atoms with Gasteiger partial charge in [-0.3, -0.25) is 4.79 Å². The molecular formula is C13H15ClFNO2. The highest BCUT2D eigenvalue weighted by atomic mass is 35.5. The van der Waals surface area contributed by atoms with E-state index in [1.807, 2.05) is 0 Å². The number of carbonyl (C=O) groups is 1. The van der Waals surface area contributed by atoms with Crippen LogP contribution in [0.2, 0.25) is 5.02 Å². The summed E-state index contributed by atoms with van der Waals surface area (Å²) in [5, 5.41) is 3.43. The van der Waals surface area contributed by atoms with Crippen molar-refractivity contribution in [1.82, 2.24) is 5.32 Å². The van der Waals surface area contributed by atoms with E-state index in [0.29, 0.717) is 25.9 Å². The van der Waals surface area contributed by atoms with Gasteiger partial charge in [0.05, 0.1) is 12.5 Å². The number of carbonyl (C=O) groups excluding carboxylic acids is 1. The van der Waals surface area contributed by atoms with E-state index in [2.05, 4.69) is 5.32 Å². The van der Waals surface area contributed by atoms with E-state index < -0.39 is 17.2 Å². The van der Waals surface area contributed by atoms with Gasteiger partial charge in [0, 0.05) is 10.6 Å². The molecule has 1 fully saturated rings. The molecule has 1 aromatic rings. The normalized spacial score (nSPS) is 18.4. The first-order valence-corrected chi connectivity index (χ1v) is 6.23. The van der Waals surface area contributed by atoms with Crippen LogP contribution in [-0.4, -0.2) is 26.2 Å². The van der Waals surface area contributed by atoms with Gasteiger partial charge in [-0.15, -0.1) is 0 Å². The molecule has 1 aliphatic rings. The van der Waals surface area contributed by atoms with Crippen molar-refractivity contribution in [3.63, 3.8) is 0 Å². The van der Waals surface area contributed by atoms with Gasteiger partial charge in [-0.25, -0.2) is 4.39 Å². The molecule has 0 radical (unpaired) electrons. The number of ether oxygens (including phenoxy) is 1.